The van der Waals surface area contributed by atoms with Gasteiger partial charge in [0, 0.05) is 24.8 Å². The van der Waals surface area contributed by atoms with Crippen LogP contribution in [0, 0.1) is 23.2 Å². The van der Waals surface area contributed by atoms with Gasteiger partial charge in [-0.3, -0.25) is 4.79 Å². The molecular formula is C38H45N5O7S. The largest absolute Gasteiger partial charge is 0.492 e. The summed E-state index contributed by atoms with van der Waals surface area (Å²) in [6.45, 7) is 10.2. The van der Waals surface area contributed by atoms with E-state index in [0.29, 0.717) is 29.2 Å². The molecule has 0 saturated carbocycles. The molecule has 6 rings (SSSR count). The number of ether oxygens (including phenoxy) is 3. The van der Waals surface area contributed by atoms with Gasteiger partial charge in [0.15, 0.2) is 0 Å². The van der Waals surface area contributed by atoms with Gasteiger partial charge >= 0.3 is 6.09 Å². The van der Waals surface area contributed by atoms with Crippen LogP contribution in [0.4, 0.5) is 10.5 Å². The quantitative estimate of drug-likeness (QED) is 0.243. The van der Waals surface area contributed by atoms with E-state index in [2.05, 4.69) is 22.9 Å². The number of amides is 2. The van der Waals surface area contributed by atoms with Crippen LogP contribution in [0.3, 0.4) is 0 Å². The molecule has 51 heavy (non-hydrogen) atoms. The summed E-state index contributed by atoms with van der Waals surface area (Å²) in [4.78, 5) is 37.6. The molecule has 3 aromatic rings. The van der Waals surface area contributed by atoms with Crippen molar-refractivity contribution < 1.29 is 32.2 Å². The number of fused-ring (bicyclic) bond motifs is 1. The van der Waals surface area contributed by atoms with E-state index < -0.39 is 27.6 Å². The monoisotopic (exact) mass is 715 g/mol. The number of nitriles is 1. The van der Waals surface area contributed by atoms with Crippen LogP contribution in [0.15, 0.2) is 65.7 Å². The molecule has 270 valence electrons. The smallest absolute Gasteiger partial charge is 0.411 e. The van der Waals surface area contributed by atoms with Crippen molar-refractivity contribution >= 4 is 27.7 Å². The van der Waals surface area contributed by atoms with Gasteiger partial charge in [-0.25, -0.2) is 18.2 Å². The summed E-state index contributed by atoms with van der Waals surface area (Å²) in [5, 5.41) is 9.93. The van der Waals surface area contributed by atoms with E-state index in [0.717, 1.165) is 51.7 Å². The van der Waals surface area contributed by atoms with Gasteiger partial charge in [-0.1, -0.05) is 19.1 Å². The molecule has 2 aromatic carbocycles. The summed E-state index contributed by atoms with van der Waals surface area (Å²) in [7, 11) is -4.66. The third-order valence-electron chi connectivity index (χ3n) is 10.2. The first-order valence-electron chi connectivity index (χ1n) is 17.8. The van der Waals surface area contributed by atoms with Crippen molar-refractivity contribution in [2.24, 2.45) is 11.8 Å². The number of piperidine rings is 2. The first kappa shape index (κ1) is 36.1. The maximum absolute atomic E-state index is 15.1. The number of nitrogens with zero attached hydrogens (tertiary/aromatic N) is 5. The summed E-state index contributed by atoms with van der Waals surface area (Å²) < 4.78 is 47.7. The van der Waals surface area contributed by atoms with E-state index in [1.54, 1.807) is 30.9 Å². The van der Waals surface area contributed by atoms with Gasteiger partial charge in [0.2, 0.25) is 5.88 Å². The predicted octanol–water partition coefficient (Wildman–Crippen LogP) is 5.70. The molecule has 2 saturated heterocycles. The van der Waals surface area contributed by atoms with Gasteiger partial charge in [-0.15, -0.1) is 0 Å². The third kappa shape index (κ3) is 6.74. The van der Waals surface area contributed by atoms with E-state index in [4.69, 9.17) is 14.2 Å². The molecule has 0 spiro atoms. The number of benzene rings is 2. The number of hydrogen-bond donors (Lipinski definition) is 0. The van der Waals surface area contributed by atoms with Crippen molar-refractivity contribution in [2.75, 3.05) is 50.2 Å². The van der Waals surface area contributed by atoms with Crippen molar-refractivity contribution in [3.63, 3.8) is 0 Å². The number of aromatic nitrogens is 1. The number of sulfonamides is 1. The zero-order valence-corrected chi connectivity index (χ0v) is 30.2. The number of carbonyl (C=O) groups is 2. The van der Waals surface area contributed by atoms with Crippen LogP contribution in [-0.4, -0.2) is 81.1 Å². The highest BCUT2D eigenvalue weighted by molar-refractivity contribution is 7.93. The Kier molecular flexibility index (Phi) is 10.8. The van der Waals surface area contributed by atoms with Crippen molar-refractivity contribution in [2.45, 2.75) is 63.4 Å². The van der Waals surface area contributed by atoms with E-state index in [1.807, 2.05) is 0 Å². The van der Waals surface area contributed by atoms with Crippen LogP contribution in [-0.2, 0) is 25.2 Å². The summed E-state index contributed by atoms with van der Waals surface area (Å²) in [5.74, 6) is 0.0739. The number of anilines is 1. The van der Waals surface area contributed by atoms with Crippen molar-refractivity contribution in [1.82, 2.24) is 14.8 Å². The Hall–Kier alpha value is -4.67. The highest BCUT2D eigenvalue weighted by atomic mass is 32.2. The van der Waals surface area contributed by atoms with Crippen LogP contribution in [0.25, 0.3) is 0 Å². The highest BCUT2D eigenvalue weighted by Gasteiger charge is 2.61. The van der Waals surface area contributed by atoms with E-state index in [-0.39, 0.29) is 52.1 Å². The minimum Gasteiger partial charge on any atom is -0.492 e. The lowest BCUT2D eigenvalue weighted by molar-refractivity contribution is -0.132. The van der Waals surface area contributed by atoms with Crippen LogP contribution < -0.4 is 13.8 Å². The second-order valence-corrected chi connectivity index (χ2v) is 14.9. The summed E-state index contributed by atoms with van der Waals surface area (Å²) >= 11 is 0. The lowest BCUT2D eigenvalue weighted by Crippen LogP contribution is -2.50. The second kappa shape index (κ2) is 15.3. The van der Waals surface area contributed by atoms with E-state index in [9.17, 15) is 18.5 Å². The van der Waals surface area contributed by atoms with Gasteiger partial charge in [-0.05, 0) is 120 Å². The molecule has 4 heterocycles. The average Bonchev–Trinajstić information content (AvgIpc) is 3.40. The molecule has 3 aliphatic rings. The summed E-state index contributed by atoms with van der Waals surface area (Å²) in [5.41, 5.74) is -2.21. The van der Waals surface area contributed by atoms with Gasteiger partial charge in [0.05, 0.1) is 36.1 Å². The molecular weight excluding hydrogens is 671 g/mol. The van der Waals surface area contributed by atoms with E-state index >= 15 is 4.79 Å². The molecule has 12 nitrogen and oxygen atoms in total. The molecule has 0 aliphatic carbocycles. The fraction of sp³-hybridized carbons (Fsp3) is 0.474. The lowest BCUT2D eigenvalue weighted by atomic mass is 9.79. The normalized spacial score (nSPS) is 20.2. The molecule has 0 radical (unpaired) electrons. The van der Waals surface area contributed by atoms with Crippen LogP contribution >= 0.6 is 0 Å². The van der Waals surface area contributed by atoms with Crippen LogP contribution in [0.5, 0.6) is 11.6 Å². The number of hydrogen-bond acceptors (Lipinski definition) is 10. The zero-order valence-electron chi connectivity index (χ0n) is 29.4. The molecule has 1 unspecified atom stereocenters. The van der Waals surface area contributed by atoms with Gasteiger partial charge in [0.25, 0.3) is 21.5 Å². The van der Waals surface area contributed by atoms with Crippen LogP contribution in [0.2, 0.25) is 0 Å². The molecule has 0 bridgehead atoms. The minimum atomic E-state index is -4.66. The van der Waals surface area contributed by atoms with Gasteiger partial charge in [-0.2, -0.15) is 9.57 Å². The number of pyridine rings is 1. The maximum Gasteiger partial charge on any atom is 0.411 e. The van der Waals surface area contributed by atoms with E-state index in [1.165, 1.54) is 48.7 Å². The number of para-hydroxylation sites is 1. The summed E-state index contributed by atoms with van der Waals surface area (Å²) in [6.07, 6.45) is 5.73. The number of rotatable bonds is 11. The first-order chi connectivity index (χ1) is 24.7. The predicted molar refractivity (Wildman–Crippen MR) is 190 cm³/mol. The molecule has 0 N–H and O–H groups in total. The van der Waals surface area contributed by atoms with Crippen molar-refractivity contribution in [1.29, 1.82) is 5.26 Å². The molecule has 2 amide bonds. The lowest BCUT2D eigenvalue weighted by Gasteiger charge is -2.40. The second-order valence-electron chi connectivity index (χ2n) is 13.1. The van der Waals surface area contributed by atoms with Crippen molar-refractivity contribution in [3.05, 3.63) is 77.5 Å². The van der Waals surface area contributed by atoms with Gasteiger partial charge in [0.1, 0.15) is 10.6 Å². The first-order valence-corrected chi connectivity index (χ1v) is 19.3. The number of carbonyl (C=O) groups excluding carboxylic acids is 2. The van der Waals surface area contributed by atoms with Crippen LogP contribution in [0.1, 0.15) is 69.6 Å². The zero-order chi connectivity index (χ0) is 36.2. The maximum atomic E-state index is 15.1. The Balaban J connectivity index is 1.40. The molecule has 1 aromatic heterocycles. The fourth-order valence-corrected chi connectivity index (χ4v) is 9.34. The molecule has 13 heteroatoms. The molecule has 1 atom stereocenters. The molecule has 2 fully saturated rings. The number of likely N-dealkylation sites (tertiary alicyclic amines) is 2. The van der Waals surface area contributed by atoms with Gasteiger partial charge < -0.3 is 24.0 Å². The molecule has 3 aliphatic heterocycles. The Morgan fingerprint density at radius 1 is 0.922 bits per heavy atom. The average molecular weight is 716 g/mol. The summed E-state index contributed by atoms with van der Waals surface area (Å²) in [6, 6.07) is 15.4. The Bertz CT molecular complexity index is 1900. The fourth-order valence-electron chi connectivity index (χ4n) is 7.74. The third-order valence-corrected chi connectivity index (χ3v) is 11.9. The minimum absolute atomic E-state index is 0.00320. The Morgan fingerprint density at radius 2 is 1.61 bits per heavy atom. The standard InChI is InChI=1S/C38H45N5O7S/c1-4-20-41-21-15-28(16-22-41)29-17-23-42(24-18-29)37(45)50-38(30-10-9-19-40-35(30)49-6-3)31-25-27(26-39)13-14-32(31)43(36(38)44)51(46,47)34-12-8-7-11-33(34)48-5-2/h7-14,19,25,28-29H,4-6,15-18,20-24H2,1-3H3. The van der Waals surface area contributed by atoms with Crippen molar-refractivity contribution in [3.8, 4) is 17.7 Å². The SMILES string of the molecule is CCCN1CCC(C2CCN(C(=O)OC3(c4cccnc4OCC)C(=O)N(S(=O)(=O)c4ccccc4OCC)c4ccc(C#N)cc43)CC2)CC1. The Morgan fingerprint density at radius 3 is 2.27 bits per heavy atom. The Labute approximate surface area is 300 Å². The highest BCUT2D eigenvalue weighted by Crippen LogP contribution is 2.52. The topological polar surface area (TPSA) is 142 Å².